The molecule has 0 bridgehead atoms. The van der Waals surface area contributed by atoms with Crippen LogP contribution >= 0.6 is 22.7 Å². The third-order valence-corrected chi connectivity index (χ3v) is 4.25. The summed E-state index contributed by atoms with van der Waals surface area (Å²) in [7, 11) is 0. The number of rotatable bonds is 2. The molecule has 4 rings (SSSR count). The summed E-state index contributed by atoms with van der Waals surface area (Å²) >= 11 is 2.96. The van der Waals surface area contributed by atoms with Crippen LogP contribution in [0.3, 0.4) is 0 Å². The smallest absolute Gasteiger partial charge is 0.277 e. The Morgan fingerprint density at radius 1 is 1.20 bits per heavy atom. The summed E-state index contributed by atoms with van der Waals surface area (Å²) in [6.45, 7) is 0. The van der Waals surface area contributed by atoms with E-state index < -0.39 is 0 Å². The molecule has 0 radical (unpaired) electrons. The lowest BCUT2D eigenvalue weighted by molar-refractivity contribution is 0.431. The molecule has 8 heteroatoms. The van der Waals surface area contributed by atoms with Crippen molar-refractivity contribution in [3.8, 4) is 23.0 Å². The normalized spacial score (nSPS) is 11.2. The molecule has 0 amide bonds. The van der Waals surface area contributed by atoms with E-state index in [9.17, 15) is 0 Å². The second-order valence-electron chi connectivity index (χ2n) is 4.02. The van der Waals surface area contributed by atoms with Gasteiger partial charge in [-0.15, -0.1) is 22.7 Å². The van der Waals surface area contributed by atoms with E-state index in [2.05, 4.69) is 20.1 Å². The fraction of sp³-hybridized carbons (Fsp3) is 0. The molecule has 0 aliphatic carbocycles. The molecule has 4 heterocycles. The van der Waals surface area contributed by atoms with Crippen molar-refractivity contribution in [1.82, 2.24) is 20.1 Å². The van der Waals surface area contributed by atoms with E-state index in [-0.39, 0.29) is 0 Å². The highest BCUT2D eigenvalue weighted by Gasteiger charge is 2.14. The van der Waals surface area contributed by atoms with Crippen LogP contribution in [0.5, 0.6) is 0 Å². The molecule has 0 saturated carbocycles. The van der Waals surface area contributed by atoms with Crippen LogP contribution < -0.4 is 5.73 Å². The van der Waals surface area contributed by atoms with Crippen LogP contribution in [-0.2, 0) is 0 Å². The number of pyridine rings is 1. The molecular weight excluding hydrogens is 294 g/mol. The summed E-state index contributed by atoms with van der Waals surface area (Å²) in [5.41, 5.74) is 7.97. The van der Waals surface area contributed by atoms with Crippen LogP contribution in [0.15, 0.2) is 33.6 Å². The van der Waals surface area contributed by atoms with Gasteiger partial charge < -0.3 is 10.3 Å². The molecule has 6 nitrogen and oxygen atoms in total. The summed E-state index contributed by atoms with van der Waals surface area (Å²) in [6.07, 6.45) is 1.74. The van der Waals surface area contributed by atoms with Gasteiger partial charge in [0.25, 0.3) is 5.89 Å². The van der Waals surface area contributed by atoms with Crippen molar-refractivity contribution >= 4 is 38.0 Å². The van der Waals surface area contributed by atoms with E-state index in [4.69, 9.17) is 10.3 Å². The van der Waals surface area contributed by atoms with E-state index in [0.29, 0.717) is 22.5 Å². The second-order valence-corrected chi connectivity index (χ2v) is 5.86. The Hall–Kier alpha value is -2.32. The number of thiophene rings is 1. The molecule has 0 unspecified atom stereocenters. The third-order valence-electron chi connectivity index (χ3n) is 2.73. The van der Waals surface area contributed by atoms with Gasteiger partial charge in [-0.3, -0.25) is 4.98 Å². The van der Waals surface area contributed by atoms with E-state index >= 15 is 0 Å². The largest absolute Gasteiger partial charge is 0.375 e. The van der Waals surface area contributed by atoms with Gasteiger partial charge in [0, 0.05) is 17.1 Å². The third kappa shape index (κ3) is 1.86. The van der Waals surface area contributed by atoms with Gasteiger partial charge in [0.2, 0.25) is 5.82 Å². The molecule has 0 aliphatic heterocycles. The Balaban J connectivity index is 1.77. The van der Waals surface area contributed by atoms with Crippen molar-refractivity contribution in [3.63, 3.8) is 0 Å². The number of fused-ring (bicyclic) bond motifs is 1. The highest BCUT2D eigenvalue weighted by molar-refractivity contribution is 7.17. The van der Waals surface area contributed by atoms with Gasteiger partial charge in [-0.05, 0) is 17.5 Å². The van der Waals surface area contributed by atoms with Gasteiger partial charge in [0.05, 0.1) is 10.2 Å². The number of nitrogens with zero attached hydrogens (tertiary/aromatic N) is 4. The number of aromatic nitrogens is 4. The highest BCUT2D eigenvalue weighted by atomic mass is 32.1. The minimum absolute atomic E-state index is 0.360. The first kappa shape index (κ1) is 11.5. The molecular formula is C12H7N5OS2. The topological polar surface area (TPSA) is 90.7 Å². The molecule has 98 valence electrons. The Morgan fingerprint density at radius 2 is 2.15 bits per heavy atom. The number of nitrogen functional groups attached to an aromatic ring is 1. The first-order valence-corrected chi connectivity index (χ1v) is 7.44. The predicted octanol–water partition coefficient (Wildman–Crippen LogP) is 3.05. The lowest BCUT2D eigenvalue weighted by Crippen LogP contribution is -1.84. The first-order valence-electron chi connectivity index (χ1n) is 5.68. The molecule has 0 aromatic carbocycles. The number of nitrogens with two attached hydrogens (primary N) is 1. The maximum Gasteiger partial charge on any atom is 0.277 e. The minimum Gasteiger partial charge on any atom is -0.375 e. The number of hydrogen-bond donors (Lipinski definition) is 1. The summed E-state index contributed by atoms with van der Waals surface area (Å²) in [4.78, 5) is 12.8. The lowest BCUT2D eigenvalue weighted by Gasteiger charge is -1.93. The zero-order valence-electron chi connectivity index (χ0n) is 9.98. The van der Waals surface area contributed by atoms with Crippen LogP contribution in [0.25, 0.3) is 33.2 Å². The fourth-order valence-corrected chi connectivity index (χ4v) is 3.12. The monoisotopic (exact) mass is 301 g/mol. The predicted molar refractivity (Wildman–Crippen MR) is 78.4 cm³/mol. The van der Waals surface area contributed by atoms with E-state index in [1.54, 1.807) is 22.9 Å². The number of thiazole rings is 1. The molecule has 0 fully saturated rings. The van der Waals surface area contributed by atoms with Gasteiger partial charge in [-0.1, -0.05) is 5.16 Å². The Labute approximate surface area is 120 Å². The van der Waals surface area contributed by atoms with Crippen LogP contribution in [-0.4, -0.2) is 20.1 Å². The van der Waals surface area contributed by atoms with Crippen LogP contribution in [0.4, 0.5) is 5.13 Å². The van der Waals surface area contributed by atoms with Crippen molar-refractivity contribution in [2.75, 3.05) is 5.73 Å². The molecule has 0 atom stereocenters. The van der Waals surface area contributed by atoms with Crippen molar-refractivity contribution in [1.29, 1.82) is 0 Å². The lowest BCUT2D eigenvalue weighted by atomic mass is 10.2. The molecule has 2 N–H and O–H groups in total. The number of anilines is 1. The van der Waals surface area contributed by atoms with Crippen molar-refractivity contribution in [3.05, 3.63) is 29.1 Å². The molecule has 4 aromatic heterocycles. The Morgan fingerprint density at radius 3 is 3.00 bits per heavy atom. The summed E-state index contributed by atoms with van der Waals surface area (Å²) < 4.78 is 6.30. The fourth-order valence-electron chi connectivity index (χ4n) is 1.80. The van der Waals surface area contributed by atoms with Gasteiger partial charge >= 0.3 is 0 Å². The average Bonchev–Trinajstić information content (AvgIpc) is 3.17. The van der Waals surface area contributed by atoms with Crippen LogP contribution in [0, 0.1) is 0 Å². The Kier molecular flexibility index (Phi) is 2.51. The quantitative estimate of drug-likeness (QED) is 0.612. The Bertz CT molecular complexity index is 894. The summed E-state index contributed by atoms with van der Waals surface area (Å²) in [6, 6.07) is 3.97. The van der Waals surface area contributed by atoms with E-state index in [1.807, 2.05) is 17.5 Å². The highest BCUT2D eigenvalue weighted by Crippen LogP contribution is 2.27. The molecule has 4 aromatic rings. The molecule has 0 aliphatic rings. The van der Waals surface area contributed by atoms with E-state index in [0.717, 1.165) is 15.8 Å². The van der Waals surface area contributed by atoms with E-state index in [1.165, 1.54) is 11.3 Å². The summed E-state index contributed by atoms with van der Waals surface area (Å²) in [5.74, 6) is 0.855. The second kappa shape index (κ2) is 4.36. The van der Waals surface area contributed by atoms with Crippen molar-refractivity contribution < 1.29 is 4.52 Å². The van der Waals surface area contributed by atoms with Gasteiger partial charge in [-0.25, -0.2) is 4.98 Å². The SMILES string of the molecule is Nc1nc(-c2nc(-c3cnc4ccsc4c3)no2)cs1. The maximum absolute atomic E-state index is 5.59. The van der Waals surface area contributed by atoms with Crippen LogP contribution in [0.2, 0.25) is 0 Å². The van der Waals surface area contributed by atoms with Gasteiger partial charge in [0.15, 0.2) is 5.13 Å². The average molecular weight is 301 g/mol. The van der Waals surface area contributed by atoms with Crippen LogP contribution in [0.1, 0.15) is 0 Å². The van der Waals surface area contributed by atoms with Crippen molar-refractivity contribution in [2.24, 2.45) is 0 Å². The van der Waals surface area contributed by atoms with Crippen molar-refractivity contribution in [2.45, 2.75) is 0 Å². The zero-order valence-corrected chi connectivity index (χ0v) is 11.6. The zero-order chi connectivity index (χ0) is 13.5. The first-order chi connectivity index (χ1) is 9.79. The molecule has 20 heavy (non-hydrogen) atoms. The van der Waals surface area contributed by atoms with Gasteiger partial charge in [0.1, 0.15) is 5.69 Å². The maximum atomic E-state index is 5.59. The molecule has 0 saturated heterocycles. The minimum atomic E-state index is 0.360. The number of hydrogen-bond acceptors (Lipinski definition) is 8. The molecule has 0 spiro atoms. The standard InChI is InChI=1S/C12H7N5OS2/c13-12-15-8(5-20-12)11-16-10(17-18-11)6-3-9-7(14-4-6)1-2-19-9/h1-5H,(H2,13,15). The summed E-state index contributed by atoms with van der Waals surface area (Å²) in [5, 5.41) is 8.23. The van der Waals surface area contributed by atoms with Gasteiger partial charge in [-0.2, -0.15) is 4.98 Å².